The Labute approximate surface area is 203 Å². The summed E-state index contributed by atoms with van der Waals surface area (Å²) < 4.78 is 23.9. The first-order valence-corrected chi connectivity index (χ1v) is 11.1. The van der Waals surface area contributed by atoms with Crippen LogP contribution in [0.2, 0.25) is 0 Å². The van der Waals surface area contributed by atoms with Crippen LogP contribution >= 0.6 is 0 Å². The predicted molar refractivity (Wildman–Crippen MR) is 137 cm³/mol. The summed E-state index contributed by atoms with van der Waals surface area (Å²) in [5.74, 6) is 5.30. The molecule has 5 nitrogen and oxygen atoms in total. The maximum Gasteiger partial charge on any atom is 0.169 e. The molecule has 0 heterocycles. The minimum Gasteiger partial charge on any atom is -0.457 e. The maximum atomic E-state index is 6.07. The van der Waals surface area contributed by atoms with Gasteiger partial charge in [-0.1, -0.05) is 42.5 Å². The molecule has 0 aromatic heterocycles. The molecule has 0 aliphatic carbocycles. The zero-order chi connectivity index (χ0) is 23.9. The van der Waals surface area contributed by atoms with Crippen LogP contribution in [0.1, 0.15) is 0 Å². The molecular weight excluding hydrogens is 438 g/mol. The fraction of sp³-hybridized carbons (Fsp3) is 0. The fourth-order valence-corrected chi connectivity index (χ4v) is 3.39. The standard InChI is InChI=1S/C30H23NO4/c31-22-8-6-11-26(20-22)35-30-15-5-4-14-29(30)34-25-18-16-24(17-19-25)33-28-13-7-12-27(21-28)32-23-9-2-1-3-10-23/h1-21H,31H2. The highest BCUT2D eigenvalue weighted by Crippen LogP contribution is 2.36. The van der Waals surface area contributed by atoms with Crippen molar-refractivity contribution in [2.45, 2.75) is 0 Å². The first-order chi connectivity index (χ1) is 17.2. The molecule has 5 aromatic carbocycles. The number of nitrogen functional groups attached to an aromatic ring is 1. The Morgan fingerprint density at radius 1 is 0.343 bits per heavy atom. The Balaban J connectivity index is 1.25. The van der Waals surface area contributed by atoms with Gasteiger partial charge < -0.3 is 24.7 Å². The van der Waals surface area contributed by atoms with Crippen LogP contribution in [0.15, 0.2) is 127 Å². The number of benzene rings is 5. The van der Waals surface area contributed by atoms with Gasteiger partial charge >= 0.3 is 0 Å². The molecular formula is C30H23NO4. The number of anilines is 1. The average Bonchev–Trinajstić information content (AvgIpc) is 2.87. The van der Waals surface area contributed by atoms with Crippen LogP contribution in [-0.4, -0.2) is 0 Å². The number of ether oxygens (including phenoxy) is 4. The fourth-order valence-electron chi connectivity index (χ4n) is 3.39. The van der Waals surface area contributed by atoms with E-state index in [1.165, 1.54) is 0 Å². The summed E-state index contributed by atoms with van der Waals surface area (Å²) in [5.41, 5.74) is 6.49. The summed E-state index contributed by atoms with van der Waals surface area (Å²) in [5, 5.41) is 0. The highest BCUT2D eigenvalue weighted by molar-refractivity contribution is 5.49. The van der Waals surface area contributed by atoms with Crippen molar-refractivity contribution in [2.75, 3.05) is 5.73 Å². The normalized spacial score (nSPS) is 10.4. The molecule has 5 rings (SSSR count). The molecule has 0 amide bonds. The second kappa shape index (κ2) is 10.4. The van der Waals surface area contributed by atoms with Crippen molar-refractivity contribution in [2.24, 2.45) is 0 Å². The summed E-state index contributed by atoms with van der Waals surface area (Å²) in [4.78, 5) is 0. The van der Waals surface area contributed by atoms with Gasteiger partial charge in [-0.2, -0.15) is 0 Å². The molecule has 35 heavy (non-hydrogen) atoms. The van der Waals surface area contributed by atoms with Crippen molar-refractivity contribution in [3.8, 4) is 46.0 Å². The van der Waals surface area contributed by atoms with E-state index in [9.17, 15) is 0 Å². The van der Waals surface area contributed by atoms with Gasteiger partial charge in [-0.25, -0.2) is 0 Å². The molecule has 0 spiro atoms. The van der Waals surface area contributed by atoms with Crippen molar-refractivity contribution < 1.29 is 18.9 Å². The molecule has 0 unspecified atom stereocenters. The van der Waals surface area contributed by atoms with Crippen LogP contribution in [0, 0.1) is 0 Å². The van der Waals surface area contributed by atoms with Crippen molar-refractivity contribution in [1.82, 2.24) is 0 Å². The van der Waals surface area contributed by atoms with Crippen molar-refractivity contribution in [3.05, 3.63) is 127 Å². The molecule has 0 aliphatic rings. The summed E-state index contributed by atoms with van der Waals surface area (Å²) in [6, 6.07) is 39.3. The van der Waals surface area contributed by atoms with Crippen molar-refractivity contribution in [1.29, 1.82) is 0 Å². The zero-order valence-corrected chi connectivity index (χ0v) is 18.8. The van der Waals surface area contributed by atoms with Crippen LogP contribution in [0.5, 0.6) is 46.0 Å². The Kier molecular flexibility index (Phi) is 6.49. The lowest BCUT2D eigenvalue weighted by atomic mass is 10.3. The van der Waals surface area contributed by atoms with Crippen LogP contribution < -0.4 is 24.7 Å². The Bertz CT molecular complexity index is 1400. The third kappa shape index (κ3) is 5.92. The molecule has 2 N–H and O–H groups in total. The van der Waals surface area contributed by atoms with E-state index >= 15 is 0 Å². The van der Waals surface area contributed by atoms with E-state index in [1.807, 2.05) is 121 Å². The number of rotatable bonds is 8. The highest BCUT2D eigenvalue weighted by Gasteiger charge is 2.08. The van der Waals surface area contributed by atoms with E-state index in [0.717, 1.165) is 5.75 Å². The van der Waals surface area contributed by atoms with E-state index < -0.39 is 0 Å². The molecule has 0 atom stereocenters. The number of hydrogen-bond donors (Lipinski definition) is 1. The van der Waals surface area contributed by atoms with Gasteiger partial charge in [-0.15, -0.1) is 0 Å². The van der Waals surface area contributed by atoms with Gasteiger partial charge in [0, 0.05) is 17.8 Å². The van der Waals surface area contributed by atoms with Crippen molar-refractivity contribution in [3.63, 3.8) is 0 Å². The van der Waals surface area contributed by atoms with Crippen LogP contribution in [0.25, 0.3) is 0 Å². The lowest BCUT2D eigenvalue weighted by molar-refractivity contribution is 0.418. The second-order valence-electron chi connectivity index (χ2n) is 7.69. The summed E-state index contributed by atoms with van der Waals surface area (Å²) in [6.45, 7) is 0. The number of para-hydroxylation sites is 3. The molecule has 5 heteroatoms. The minimum absolute atomic E-state index is 0.591. The van der Waals surface area contributed by atoms with Gasteiger partial charge in [0.1, 0.15) is 34.5 Å². The topological polar surface area (TPSA) is 62.9 Å². The second-order valence-corrected chi connectivity index (χ2v) is 7.69. The summed E-state index contributed by atoms with van der Waals surface area (Å²) in [6.07, 6.45) is 0. The van der Waals surface area contributed by atoms with E-state index in [4.69, 9.17) is 24.7 Å². The molecule has 172 valence electrons. The van der Waals surface area contributed by atoms with Gasteiger partial charge in [0.05, 0.1) is 0 Å². The number of hydrogen-bond acceptors (Lipinski definition) is 5. The predicted octanol–water partition coefficient (Wildman–Crippen LogP) is 8.44. The molecule has 0 fully saturated rings. The smallest absolute Gasteiger partial charge is 0.169 e. The monoisotopic (exact) mass is 461 g/mol. The lowest BCUT2D eigenvalue weighted by Gasteiger charge is -2.13. The molecule has 0 saturated heterocycles. The van der Waals surface area contributed by atoms with E-state index in [1.54, 1.807) is 6.07 Å². The first-order valence-electron chi connectivity index (χ1n) is 11.1. The Morgan fingerprint density at radius 3 is 1.37 bits per heavy atom. The first kappa shape index (κ1) is 21.9. The average molecular weight is 462 g/mol. The van der Waals surface area contributed by atoms with Crippen molar-refractivity contribution >= 4 is 5.69 Å². The quantitative estimate of drug-likeness (QED) is 0.235. The Morgan fingerprint density at radius 2 is 0.771 bits per heavy atom. The SMILES string of the molecule is Nc1cccc(Oc2ccccc2Oc2ccc(Oc3cccc(Oc4ccccc4)c3)cc2)c1. The third-order valence-electron chi connectivity index (χ3n) is 5.01. The molecule has 5 aromatic rings. The third-order valence-corrected chi connectivity index (χ3v) is 5.01. The van der Waals surface area contributed by atoms with Crippen LogP contribution in [0.3, 0.4) is 0 Å². The molecule has 0 bridgehead atoms. The van der Waals surface area contributed by atoms with Gasteiger partial charge in [0.15, 0.2) is 11.5 Å². The maximum absolute atomic E-state index is 6.07. The van der Waals surface area contributed by atoms with Gasteiger partial charge in [-0.05, 0) is 72.8 Å². The summed E-state index contributed by atoms with van der Waals surface area (Å²) in [7, 11) is 0. The Hall–Kier alpha value is -4.90. The zero-order valence-electron chi connectivity index (χ0n) is 18.8. The van der Waals surface area contributed by atoms with Gasteiger partial charge in [-0.3, -0.25) is 0 Å². The highest BCUT2D eigenvalue weighted by atomic mass is 16.5. The summed E-state index contributed by atoms with van der Waals surface area (Å²) >= 11 is 0. The van der Waals surface area contributed by atoms with Crippen LogP contribution in [0.4, 0.5) is 5.69 Å². The van der Waals surface area contributed by atoms with E-state index in [-0.39, 0.29) is 0 Å². The van der Waals surface area contributed by atoms with Gasteiger partial charge in [0.25, 0.3) is 0 Å². The van der Waals surface area contributed by atoms with Crippen LogP contribution in [-0.2, 0) is 0 Å². The largest absolute Gasteiger partial charge is 0.457 e. The number of nitrogens with two attached hydrogens (primary N) is 1. The lowest BCUT2D eigenvalue weighted by Crippen LogP contribution is -1.92. The molecule has 0 aliphatic heterocycles. The van der Waals surface area contributed by atoms with E-state index in [0.29, 0.717) is 45.9 Å². The van der Waals surface area contributed by atoms with Gasteiger partial charge in [0.2, 0.25) is 0 Å². The molecule has 0 radical (unpaired) electrons. The molecule has 0 saturated carbocycles. The minimum atomic E-state index is 0.591. The van der Waals surface area contributed by atoms with E-state index in [2.05, 4.69) is 0 Å².